The highest BCUT2D eigenvalue weighted by molar-refractivity contribution is 6.37. The Morgan fingerprint density at radius 1 is 1.18 bits per heavy atom. The molecule has 3 aromatic heterocycles. The normalized spacial score (nSPS) is 16.6. The van der Waals surface area contributed by atoms with Crippen molar-refractivity contribution in [3.05, 3.63) is 76.1 Å². The van der Waals surface area contributed by atoms with Crippen molar-refractivity contribution in [2.24, 2.45) is 7.05 Å². The van der Waals surface area contributed by atoms with E-state index in [9.17, 15) is 5.11 Å². The second-order valence-electron chi connectivity index (χ2n) is 10.6. The first kappa shape index (κ1) is 21.6. The molecular formula is C30H32ClN5O2. The Bertz CT molecular complexity index is 1760. The van der Waals surface area contributed by atoms with E-state index >= 15 is 0 Å². The maximum Gasteiger partial charge on any atom is 0.0960 e. The Balaban J connectivity index is 1.57. The lowest BCUT2D eigenvalue weighted by molar-refractivity contribution is 0.0788. The molecule has 1 fully saturated rings. The summed E-state index contributed by atoms with van der Waals surface area (Å²) in [6.07, 6.45) is 3.65. The summed E-state index contributed by atoms with van der Waals surface area (Å²) in [7, 11) is 1.67. The van der Waals surface area contributed by atoms with Crippen LogP contribution in [0.25, 0.3) is 33.2 Å². The van der Waals surface area contributed by atoms with E-state index < -0.39 is 12.5 Å². The number of aromatic nitrogens is 5. The van der Waals surface area contributed by atoms with Gasteiger partial charge in [-0.2, -0.15) is 0 Å². The van der Waals surface area contributed by atoms with Gasteiger partial charge in [0.1, 0.15) is 0 Å². The number of pyridine rings is 1. The van der Waals surface area contributed by atoms with Gasteiger partial charge in [-0.05, 0) is 56.7 Å². The van der Waals surface area contributed by atoms with E-state index in [2.05, 4.69) is 39.1 Å². The maximum absolute atomic E-state index is 10.9. The number of fused-ring (bicyclic) bond motifs is 3. The van der Waals surface area contributed by atoms with E-state index in [0.29, 0.717) is 34.3 Å². The summed E-state index contributed by atoms with van der Waals surface area (Å²) >= 11 is 7.05. The van der Waals surface area contributed by atoms with E-state index in [1.165, 1.54) is 10.2 Å². The zero-order valence-electron chi connectivity index (χ0n) is 24.7. The molecule has 1 aliphatic heterocycles. The minimum atomic E-state index is -2.43. The van der Waals surface area contributed by atoms with Crippen LogP contribution >= 0.6 is 11.6 Å². The van der Waals surface area contributed by atoms with Crippen LogP contribution in [0.4, 0.5) is 0 Å². The topological polar surface area (TPSA) is 78.0 Å². The van der Waals surface area contributed by atoms with Crippen molar-refractivity contribution < 1.29 is 14.0 Å². The third-order valence-electron chi connectivity index (χ3n) is 7.54. The lowest BCUT2D eigenvalue weighted by atomic mass is 9.91. The fourth-order valence-corrected chi connectivity index (χ4v) is 6.11. The second kappa shape index (κ2) is 9.49. The molecule has 0 bridgehead atoms. The highest BCUT2D eigenvalue weighted by atomic mass is 35.5. The van der Waals surface area contributed by atoms with Gasteiger partial charge >= 0.3 is 0 Å². The van der Waals surface area contributed by atoms with E-state index in [4.69, 9.17) is 25.4 Å². The van der Waals surface area contributed by atoms with Gasteiger partial charge in [-0.1, -0.05) is 53.2 Å². The van der Waals surface area contributed by atoms with Gasteiger partial charge in [-0.25, -0.2) is 4.68 Å². The Kier molecular flexibility index (Phi) is 5.41. The molecular weight excluding hydrogens is 498 g/mol. The second-order valence-corrected chi connectivity index (χ2v) is 11.0. The van der Waals surface area contributed by atoms with Gasteiger partial charge in [0, 0.05) is 53.6 Å². The summed E-state index contributed by atoms with van der Waals surface area (Å²) < 4.78 is 33.1. The first-order chi connectivity index (χ1) is 19.4. The number of rotatable bonds is 5. The third-order valence-corrected chi connectivity index (χ3v) is 7.93. The zero-order chi connectivity index (χ0) is 29.1. The molecule has 8 heteroatoms. The average Bonchev–Trinajstić information content (AvgIpc) is 3.47. The number of benzene rings is 2. The fourth-order valence-electron chi connectivity index (χ4n) is 5.61. The zero-order valence-corrected chi connectivity index (χ0v) is 22.5. The number of hydrogen-bond acceptors (Lipinski definition) is 5. The number of halogens is 1. The molecule has 0 amide bonds. The molecule has 0 spiro atoms. The summed E-state index contributed by atoms with van der Waals surface area (Å²) in [6.45, 7) is 3.05. The smallest absolute Gasteiger partial charge is 0.0960 e. The molecule has 38 heavy (non-hydrogen) atoms. The van der Waals surface area contributed by atoms with Crippen LogP contribution in [0.1, 0.15) is 59.1 Å². The average molecular weight is 533 g/mol. The summed E-state index contributed by atoms with van der Waals surface area (Å²) in [5.74, 6) is 0.455. The molecule has 1 aliphatic rings. The van der Waals surface area contributed by atoms with E-state index in [0.717, 1.165) is 53.6 Å². The van der Waals surface area contributed by atoms with Crippen molar-refractivity contribution in [1.82, 2.24) is 24.5 Å². The van der Waals surface area contributed by atoms with E-state index in [-0.39, 0.29) is 5.69 Å². The highest BCUT2D eigenvalue weighted by Crippen LogP contribution is 2.40. The molecule has 2 aromatic carbocycles. The molecule has 7 nitrogen and oxygen atoms in total. The van der Waals surface area contributed by atoms with Crippen LogP contribution in [0.15, 0.2) is 48.7 Å². The minimum absolute atomic E-state index is 0.0738. The quantitative estimate of drug-likeness (QED) is 0.295. The Morgan fingerprint density at radius 2 is 2.00 bits per heavy atom. The van der Waals surface area contributed by atoms with Crippen LogP contribution in [0, 0.1) is 6.85 Å². The predicted octanol–water partition coefficient (Wildman–Crippen LogP) is 6.12. The largest absolute Gasteiger partial charge is 0.386 e. The maximum atomic E-state index is 10.9. The van der Waals surface area contributed by atoms with Gasteiger partial charge in [0.25, 0.3) is 0 Å². The molecule has 0 radical (unpaired) electrons. The minimum Gasteiger partial charge on any atom is -0.386 e. The molecule has 1 saturated heterocycles. The van der Waals surface area contributed by atoms with Crippen LogP contribution in [0.2, 0.25) is 5.02 Å². The summed E-state index contributed by atoms with van der Waals surface area (Å²) in [5.41, 5.74) is 5.06. The molecule has 0 unspecified atom stereocenters. The van der Waals surface area contributed by atoms with Crippen LogP contribution in [0.3, 0.4) is 0 Å². The number of hydrogen-bond donors (Lipinski definition) is 1. The number of aryl methyl sites for hydroxylation is 2. The predicted molar refractivity (Wildman–Crippen MR) is 151 cm³/mol. The SMILES string of the molecule is [2H]C([2H])([2H])c1nnn(C)c1-c1cnc2c3ccc(C(C)(C)O)c(Cl)c3n(Cc3cccc(C4CCOCC4)c3)c2c1. The number of nitrogens with zero attached hydrogens (tertiary/aromatic N) is 5. The molecule has 196 valence electrons. The fraction of sp³-hybridized carbons (Fsp3) is 0.367. The monoisotopic (exact) mass is 532 g/mol. The third kappa shape index (κ3) is 4.28. The first-order valence-electron chi connectivity index (χ1n) is 14.3. The van der Waals surface area contributed by atoms with Crippen molar-refractivity contribution in [1.29, 1.82) is 0 Å². The molecule has 5 aromatic rings. The van der Waals surface area contributed by atoms with Crippen molar-refractivity contribution in [3.8, 4) is 11.3 Å². The molecule has 0 saturated carbocycles. The number of ether oxygens (including phenoxy) is 1. The Labute approximate surface area is 231 Å². The lowest BCUT2D eigenvalue weighted by Crippen LogP contribution is -2.16. The van der Waals surface area contributed by atoms with Crippen molar-refractivity contribution >= 4 is 33.5 Å². The van der Waals surface area contributed by atoms with Crippen LogP contribution in [-0.2, 0) is 23.9 Å². The first-order valence-corrected chi connectivity index (χ1v) is 13.2. The van der Waals surface area contributed by atoms with Crippen molar-refractivity contribution in [2.45, 2.75) is 51.6 Å². The van der Waals surface area contributed by atoms with E-state index in [1.54, 1.807) is 27.1 Å². The van der Waals surface area contributed by atoms with Crippen molar-refractivity contribution in [3.63, 3.8) is 0 Å². The molecule has 1 N–H and O–H groups in total. The van der Waals surface area contributed by atoms with Gasteiger partial charge in [0.2, 0.25) is 0 Å². The van der Waals surface area contributed by atoms with Gasteiger partial charge in [0.05, 0.1) is 38.6 Å². The molecule has 6 rings (SSSR count). The Morgan fingerprint density at radius 3 is 2.76 bits per heavy atom. The standard InChI is InChI=1S/C30H32ClN5O2/c1-18-28(35(4)34-33-18)22-15-25-27(32-16-22)23-8-9-24(30(2,3)37)26(31)29(23)36(25)17-19-6-5-7-21(14-19)20-10-12-38-13-11-20/h5-9,14-16,20,37H,10-13,17H2,1-4H3/i1D3. The Hall–Kier alpha value is -3.26. The summed E-state index contributed by atoms with van der Waals surface area (Å²) in [5, 5.41) is 20.1. The van der Waals surface area contributed by atoms with Gasteiger partial charge in [0.15, 0.2) is 0 Å². The lowest BCUT2D eigenvalue weighted by Gasteiger charge is -2.23. The van der Waals surface area contributed by atoms with E-state index in [1.807, 2.05) is 18.2 Å². The summed E-state index contributed by atoms with van der Waals surface area (Å²) in [4.78, 5) is 4.81. The number of aliphatic hydroxyl groups is 1. The molecule has 0 aliphatic carbocycles. The van der Waals surface area contributed by atoms with Crippen LogP contribution in [-0.4, -0.2) is 42.9 Å². The van der Waals surface area contributed by atoms with Gasteiger partial charge < -0.3 is 14.4 Å². The molecule has 0 atom stereocenters. The van der Waals surface area contributed by atoms with Crippen molar-refractivity contribution in [2.75, 3.05) is 13.2 Å². The van der Waals surface area contributed by atoms with Gasteiger partial charge in [-0.3, -0.25) is 4.98 Å². The van der Waals surface area contributed by atoms with Crippen LogP contribution in [0.5, 0.6) is 0 Å². The van der Waals surface area contributed by atoms with Crippen LogP contribution < -0.4 is 0 Å². The highest BCUT2D eigenvalue weighted by Gasteiger charge is 2.25. The molecule has 4 heterocycles. The van der Waals surface area contributed by atoms with Gasteiger partial charge in [-0.15, -0.1) is 5.10 Å². The summed E-state index contributed by atoms with van der Waals surface area (Å²) in [6, 6.07) is 14.3.